The molecule has 0 aliphatic carbocycles. The topological polar surface area (TPSA) is 47.7 Å². The zero-order chi connectivity index (χ0) is 15.6. The number of halogens is 1. The molecule has 0 fully saturated rings. The monoisotopic (exact) mass is 309 g/mol. The van der Waals surface area contributed by atoms with Crippen LogP contribution in [0.4, 0.5) is 0 Å². The number of aromatic nitrogens is 4. The maximum atomic E-state index is 6.39. The van der Waals surface area contributed by atoms with Crippen LogP contribution in [0.15, 0.2) is 6.07 Å². The molecule has 5 nitrogen and oxygen atoms in total. The van der Waals surface area contributed by atoms with Crippen LogP contribution in [-0.4, -0.2) is 26.1 Å². The number of hydrogen-bond donors (Lipinski definition) is 1. The van der Waals surface area contributed by atoms with Crippen molar-refractivity contribution in [3.63, 3.8) is 0 Å². The van der Waals surface area contributed by atoms with Crippen LogP contribution >= 0.6 is 11.6 Å². The molecule has 0 amide bonds. The third-order valence-corrected chi connectivity index (χ3v) is 4.19. The molecule has 2 heterocycles. The molecule has 0 bridgehead atoms. The minimum Gasteiger partial charge on any atom is -0.308 e. The first-order valence-electron chi connectivity index (χ1n) is 7.35. The van der Waals surface area contributed by atoms with Gasteiger partial charge in [-0.2, -0.15) is 10.2 Å². The van der Waals surface area contributed by atoms with Gasteiger partial charge >= 0.3 is 0 Å². The third-order valence-electron chi connectivity index (χ3n) is 3.70. The van der Waals surface area contributed by atoms with E-state index in [1.807, 2.05) is 37.3 Å². The molecule has 1 unspecified atom stereocenters. The Hall–Kier alpha value is -1.33. The maximum absolute atomic E-state index is 6.39. The quantitative estimate of drug-likeness (QED) is 0.892. The number of hydrogen-bond acceptors (Lipinski definition) is 3. The molecule has 1 N–H and O–H groups in total. The highest BCUT2D eigenvalue weighted by atomic mass is 35.5. The number of rotatable bonds is 6. The molecule has 2 aromatic rings. The van der Waals surface area contributed by atoms with Crippen molar-refractivity contribution in [1.29, 1.82) is 0 Å². The van der Waals surface area contributed by atoms with Gasteiger partial charge in [0, 0.05) is 20.5 Å². The summed E-state index contributed by atoms with van der Waals surface area (Å²) in [6.45, 7) is 7.08. The minimum absolute atomic E-state index is 0.184. The second kappa shape index (κ2) is 6.62. The molecule has 2 rings (SSSR count). The van der Waals surface area contributed by atoms with Crippen LogP contribution in [0.2, 0.25) is 5.02 Å². The van der Waals surface area contributed by atoms with Crippen molar-refractivity contribution in [3.05, 3.63) is 33.9 Å². The lowest BCUT2D eigenvalue weighted by atomic mass is 10.1. The summed E-state index contributed by atoms with van der Waals surface area (Å²) in [5.74, 6) is 0. The second-order valence-corrected chi connectivity index (χ2v) is 5.89. The third kappa shape index (κ3) is 3.47. The van der Waals surface area contributed by atoms with E-state index in [4.69, 9.17) is 11.6 Å². The van der Waals surface area contributed by atoms with E-state index in [1.54, 1.807) is 0 Å². The van der Waals surface area contributed by atoms with Crippen molar-refractivity contribution < 1.29 is 0 Å². The molecular formula is C15H24ClN5. The largest absolute Gasteiger partial charge is 0.308 e. The van der Waals surface area contributed by atoms with Gasteiger partial charge in [0.25, 0.3) is 0 Å². The van der Waals surface area contributed by atoms with Gasteiger partial charge in [-0.05, 0) is 32.9 Å². The summed E-state index contributed by atoms with van der Waals surface area (Å²) in [6.07, 6.45) is 1.89. The fraction of sp³-hybridized carbons (Fsp3) is 0.600. The fourth-order valence-electron chi connectivity index (χ4n) is 2.65. The highest BCUT2D eigenvalue weighted by Crippen LogP contribution is 2.25. The highest BCUT2D eigenvalue weighted by molar-refractivity contribution is 6.31. The van der Waals surface area contributed by atoms with Gasteiger partial charge < -0.3 is 5.32 Å². The summed E-state index contributed by atoms with van der Waals surface area (Å²) in [5.41, 5.74) is 4.14. The van der Waals surface area contributed by atoms with E-state index in [0.717, 1.165) is 41.5 Å². The van der Waals surface area contributed by atoms with Crippen LogP contribution < -0.4 is 5.32 Å². The number of aryl methyl sites for hydroxylation is 4. The molecule has 0 aliphatic rings. The predicted molar refractivity (Wildman–Crippen MR) is 85.6 cm³/mol. The van der Waals surface area contributed by atoms with Crippen LogP contribution in [0.1, 0.15) is 42.2 Å². The van der Waals surface area contributed by atoms with E-state index in [9.17, 15) is 0 Å². The first kappa shape index (κ1) is 16.0. The van der Waals surface area contributed by atoms with Gasteiger partial charge in [-0.1, -0.05) is 18.5 Å². The average molecular weight is 310 g/mol. The summed E-state index contributed by atoms with van der Waals surface area (Å²) in [6, 6.07) is 2.31. The number of nitrogens with zero attached hydrogens (tertiary/aromatic N) is 4. The highest BCUT2D eigenvalue weighted by Gasteiger charge is 2.20. The van der Waals surface area contributed by atoms with Crippen molar-refractivity contribution >= 4 is 11.6 Å². The molecule has 2 aromatic heterocycles. The standard InChI is InChI=1S/C15H24ClN5/c1-6-7-17-12(13-8-10(2)18-20(13)4)9-14-15(16)11(3)19-21(14)5/h8,12,17H,6-7,9H2,1-5H3. The van der Waals surface area contributed by atoms with Crippen molar-refractivity contribution in [2.24, 2.45) is 14.1 Å². The number of nitrogens with one attached hydrogen (secondary N) is 1. The molecule has 0 aliphatic heterocycles. The Labute approximate surface area is 131 Å². The first-order valence-corrected chi connectivity index (χ1v) is 7.73. The van der Waals surface area contributed by atoms with Crippen LogP contribution in [0.25, 0.3) is 0 Å². The van der Waals surface area contributed by atoms with Crippen molar-refractivity contribution in [1.82, 2.24) is 24.9 Å². The van der Waals surface area contributed by atoms with Gasteiger partial charge in [0.05, 0.1) is 33.8 Å². The van der Waals surface area contributed by atoms with E-state index in [2.05, 4.69) is 28.5 Å². The van der Waals surface area contributed by atoms with E-state index in [1.165, 1.54) is 5.69 Å². The normalized spacial score (nSPS) is 12.9. The second-order valence-electron chi connectivity index (χ2n) is 5.51. The molecule has 6 heteroatoms. The molecule has 0 saturated heterocycles. The Morgan fingerprint density at radius 2 is 1.95 bits per heavy atom. The zero-order valence-electron chi connectivity index (χ0n) is 13.4. The molecular weight excluding hydrogens is 286 g/mol. The van der Waals surface area contributed by atoms with Crippen LogP contribution in [0.5, 0.6) is 0 Å². The average Bonchev–Trinajstić information content (AvgIpc) is 2.87. The Morgan fingerprint density at radius 1 is 1.24 bits per heavy atom. The van der Waals surface area contributed by atoms with E-state index in [-0.39, 0.29) is 6.04 Å². The van der Waals surface area contributed by atoms with Crippen LogP contribution in [-0.2, 0) is 20.5 Å². The Balaban J connectivity index is 2.30. The molecule has 21 heavy (non-hydrogen) atoms. The van der Waals surface area contributed by atoms with Gasteiger partial charge in [0.15, 0.2) is 0 Å². The summed E-state index contributed by atoms with van der Waals surface area (Å²) in [7, 11) is 3.93. The zero-order valence-corrected chi connectivity index (χ0v) is 14.2. The summed E-state index contributed by atoms with van der Waals surface area (Å²) >= 11 is 6.39. The lowest BCUT2D eigenvalue weighted by molar-refractivity contribution is 0.480. The van der Waals surface area contributed by atoms with Gasteiger partial charge in [-0.15, -0.1) is 0 Å². The molecule has 0 radical (unpaired) electrons. The van der Waals surface area contributed by atoms with E-state index >= 15 is 0 Å². The summed E-state index contributed by atoms with van der Waals surface area (Å²) < 4.78 is 3.82. The van der Waals surface area contributed by atoms with Crippen LogP contribution in [0.3, 0.4) is 0 Å². The predicted octanol–water partition coefficient (Wildman–Crippen LogP) is 2.71. The minimum atomic E-state index is 0.184. The molecule has 0 spiro atoms. The Kier molecular flexibility index (Phi) is 5.06. The summed E-state index contributed by atoms with van der Waals surface area (Å²) in [4.78, 5) is 0. The van der Waals surface area contributed by atoms with Gasteiger partial charge in [-0.3, -0.25) is 9.36 Å². The molecule has 116 valence electrons. The van der Waals surface area contributed by atoms with E-state index < -0.39 is 0 Å². The van der Waals surface area contributed by atoms with Gasteiger partial charge in [0.2, 0.25) is 0 Å². The SMILES string of the molecule is CCCNC(Cc1c(Cl)c(C)nn1C)c1cc(C)nn1C. The first-order chi connectivity index (χ1) is 9.93. The molecule has 0 aromatic carbocycles. The van der Waals surface area contributed by atoms with Crippen molar-refractivity contribution in [2.75, 3.05) is 6.54 Å². The smallest absolute Gasteiger partial charge is 0.0847 e. The maximum Gasteiger partial charge on any atom is 0.0847 e. The summed E-state index contributed by atoms with van der Waals surface area (Å²) in [5, 5.41) is 13.2. The Morgan fingerprint density at radius 3 is 2.43 bits per heavy atom. The lowest BCUT2D eigenvalue weighted by Gasteiger charge is -2.19. The van der Waals surface area contributed by atoms with Crippen molar-refractivity contribution in [3.8, 4) is 0 Å². The van der Waals surface area contributed by atoms with Gasteiger partial charge in [-0.25, -0.2) is 0 Å². The Bertz CT molecular complexity index is 614. The van der Waals surface area contributed by atoms with Gasteiger partial charge in [0.1, 0.15) is 0 Å². The van der Waals surface area contributed by atoms with Crippen molar-refractivity contribution in [2.45, 2.75) is 39.7 Å². The van der Waals surface area contributed by atoms with Crippen LogP contribution in [0, 0.1) is 13.8 Å². The molecule has 1 atom stereocenters. The van der Waals surface area contributed by atoms with E-state index in [0.29, 0.717) is 0 Å². The lowest BCUT2D eigenvalue weighted by Crippen LogP contribution is -2.27. The fourth-order valence-corrected chi connectivity index (χ4v) is 2.89. The molecule has 0 saturated carbocycles.